The average Bonchev–Trinajstić information content (AvgIpc) is 1.98. The van der Waals surface area contributed by atoms with Crippen LogP contribution in [-0.2, 0) is 9.53 Å². The monoisotopic (exact) mass is 230 g/mol. The van der Waals surface area contributed by atoms with E-state index >= 15 is 0 Å². The number of carbonyl (C=O) groups is 2. The molecule has 94 valence electrons. The summed E-state index contributed by atoms with van der Waals surface area (Å²) in [6, 6.07) is 0.119. The summed E-state index contributed by atoms with van der Waals surface area (Å²) >= 11 is 0. The van der Waals surface area contributed by atoms with Crippen LogP contribution in [0.5, 0.6) is 0 Å². The lowest BCUT2D eigenvalue weighted by Gasteiger charge is -2.19. The Morgan fingerprint density at radius 3 is 2.25 bits per heavy atom. The highest BCUT2D eigenvalue weighted by Crippen LogP contribution is 2.06. The summed E-state index contributed by atoms with van der Waals surface area (Å²) in [4.78, 5) is 22.4. The molecular formula is C11H22N2O3. The van der Waals surface area contributed by atoms with Gasteiger partial charge in [0.05, 0.1) is 0 Å². The normalized spacial score (nSPS) is 11.1. The van der Waals surface area contributed by atoms with Gasteiger partial charge in [-0.2, -0.15) is 0 Å². The van der Waals surface area contributed by atoms with Crippen molar-refractivity contribution in [3.63, 3.8) is 0 Å². The van der Waals surface area contributed by atoms with E-state index in [4.69, 9.17) is 4.74 Å². The molecule has 5 heteroatoms. The first-order valence-corrected chi connectivity index (χ1v) is 5.47. The van der Waals surface area contributed by atoms with Crippen LogP contribution >= 0.6 is 0 Å². The maximum absolute atomic E-state index is 11.2. The van der Waals surface area contributed by atoms with Crippen molar-refractivity contribution < 1.29 is 14.3 Å². The van der Waals surface area contributed by atoms with E-state index < -0.39 is 11.7 Å². The smallest absolute Gasteiger partial charge is 0.407 e. The summed E-state index contributed by atoms with van der Waals surface area (Å²) in [7, 11) is 0. The van der Waals surface area contributed by atoms with Crippen molar-refractivity contribution in [1.82, 2.24) is 10.6 Å². The molecule has 0 aliphatic rings. The fraction of sp³-hybridized carbons (Fsp3) is 0.818. The van der Waals surface area contributed by atoms with Gasteiger partial charge >= 0.3 is 6.09 Å². The molecule has 0 heterocycles. The van der Waals surface area contributed by atoms with Gasteiger partial charge in [0.25, 0.3) is 0 Å². The van der Waals surface area contributed by atoms with Crippen molar-refractivity contribution in [3.05, 3.63) is 0 Å². The van der Waals surface area contributed by atoms with E-state index in [1.165, 1.54) is 0 Å². The Labute approximate surface area is 96.9 Å². The molecule has 0 unspecified atom stereocenters. The molecule has 0 atom stereocenters. The Hall–Kier alpha value is -1.26. The summed E-state index contributed by atoms with van der Waals surface area (Å²) in [5.74, 6) is -0.0777. The van der Waals surface area contributed by atoms with Gasteiger partial charge in [-0.1, -0.05) is 0 Å². The lowest BCUT2D eigenvalue weighted by atomic mass is 10.2. The van der Waals surface area contributed by atoms with Gasteiger partial charge in [-0.05, 0) is 34.6 Å². The zero-order chi connectivity index (χ0) is 12.8. The van der Waals surface area contributed by atoms with E-state index in [-0.39, 0.29) is 24.9 Å². The highest BCUT2D eigenvalue weighted by atomic mass is 16.6. The molecule has 0 bridgehead atoms. The Bertz CT molecular complexity index is 244. The molecule has 0 aromatic rings. The Kier molecular flexibility index (Phi) is 5.85. The molecule has 0 saturated heterocycles. The third kappa shape index (κ3) is 9.30. The van der Waals surface area contributed by atoms with Crippen molar-refractivity contribution in [2.75, 3.05) is 6.54 Å². The quantitative estimate of drug-likeness (QED) is 0.767. The molecule has 0 saturated carbocycles. The van der Waals surface area contributed by atoms with Gasteiger partial charge in [0.1, 0.15) is 5.60 Å². The highest BCUT2D eigenvalue weighted by Gasteiger charge is 2.15. The number of amides is 2. The molecular weight excluding hydrogens is 208 g/mol. The number of ether oxygens (including phenoxy) is 1. The minimum atomic E-state index is -0.510. The van der Waals surface area contributed by atoms with Gasteiger partial charge in [0.15, 0.2) is 0 Å². The van der Waals surface area contributed by atoms with Crippen molar-refractivity contribution in [1.29, 1.82) is 0 Å². The van der Waals surface area contributed by atoms with Crippen LogP contribution in [0.2, 0.25) is 0 Å². The van der Waals surface area contributed by atoms with Crippen LogP contribution < -0.4 is 10.6 Å². The van der Waals surface area contributed by atoms with Gasteiger partial charge in [-0.25, -0.2) is 4.79 Å². The average molecular weight is 230 g/mol. The van der Waals surface area contributed by atoms with E-state index in [0.29, 0.717) is 0 Å². The number of hydrogen-bond donors (Lipinski definition) is 2. The maximum Gasteiger partial charge on any atom is 0.407 e. The number of nitrogens with one attached hydrogen (secondary N) is 2. The Morgan fingerprint density at radius 2 is 1.81 bits per heavy atom. The van der Waals surface area contributed by atoms with Gasteiger partial charge in [-0.3, -0.25) is 4.79 Å². The van der Waals surface area contributed by atoms with Crippen molar-refractivity contribution >= 4 is 12.0 Å². The first-order chi connectivity index (χ1) is 7.20. The molecule has 0 spiro atoms. The third-order valence-electron chi connectivity index (χ3n) is 1.47. The minimum absolute atomic E-state index is 0.0777. The third-order valence-corrected chi connectivity index (χ3v) is 1.47. The van der Waals surface area contributed by atoms with Crippen LogP contribution in [0.3, 0.4) is 0 Å². The zero-order valence-corrected chi connectivity index (χ0v) is 10.7. The molecule has 2 N–H and O–H groups in total. The molecule has 0 aliphatic carbocycles. The topological polar surface area (TPSA) is 67.4 Å². The van der Waals surface area contributed by atoms with Crippen LogP contribution in [0.1, 0.15) is 41.0 Å². The predicted octanol–water partition coefficient (Wildman–Crippen LogP) is 1.43. The van der Waals surface area contributed by atoms with Gasteiger partial charge in [-0.15, -0.1) is 0 Å². The van der Waals surface area contributed by atoms with Crippen molar-refractivity contribution in [2.24, 2.45) is 0 Å². The second kappa shape index (κ2) is 6.35. The number of hydrogen-bond acceptors (Lipinski definition) is 3. The maximum atomic E-state index is 11.2. The molecule has 0 radical (unpaired) electrons. The van der Waals surface area contributed by atoms with Gasteiger partial charge < -0.3 is 15.4 Å². The second-order valence-corrected chi connectivity index (χ2v) is 4.90. The molecule has 5 nitrogen and oxygen atoms in total. The summed E-state index contributed by atoms with van der Waals surface area (Å²) < 4.78 is 5.02. The molecule has 0 fully saturated rings. The van der Waals surface area contributed by atoms with Crippen LogP contribution in [-0.4, -0.2) is 30.2 Å². The molecule has 0 aromatic heterocycles. The summed E-state index contributed by atoms with van der Waals surface area (Å²) in [6.45, 7) is 9.43. The predicted molar refractivity (Wildman–Crippen MR) is 62.1 cm³/mol. The summed E-state index contributed by atoms with van der Waals surface area (Å²) in [5, 5.41) is 5.26. The highest BCUT2D eigenvalue weighted by molar-refractivity contribution is 5.77. The van der Waals surface area contributed by atoms with E-state index in [1.54, 1.807) is 20.8 Å². The molecule has 16 heavy (non-hydrogen) atoms. The number of rotatable bonds is 4. The zero-order valence-electron chi connectivity index (χ0n) is 10.7. The van der Waals surface area contributed by atoms with Crippen LogP contribution in [0.15, 0.2) is 0 Å². The lowest BCUT2D eigenvalue weighted by molar-refractivity contribution is -0.121. The Balaban J connectivity index is 3.66. The summed E-state index contributed by atoms with van der Waals surface area (Å²) in [6.07, 6.45) is -0.234. The van der Waals surface area contributed by atoms with Crippen molar-refractivity contribution in [3.8, 4) is 0 Å². The lowest BCUT2D eigenvalue weighted by Crippen LogP contribution is -2.36. The largest absolute Gasteiger partial charge is 0.444 e. The van der Waals surface area contributed by atoms with E-state index in [2.05, 4.69) is 10.6 Å². The molecule has 0 rings (SSSR count). The van der Waals surface area contributed by atoms with Crippen LogP contribution in [0.4, 0.5) is 4.79 Å². The fourth-order valence-corrected chi connectivity index (χ4v) is 0.986. The number of alkyl carbamates (subject to hydrolysis) is 1. The van der Waals surface area contributed by atoms with Crippen LogP contribution in [0, 0.1) is 0 Å². The van der Waals surface area contributed by atoms with Crippen LogP contribution in [0.25, 0.3) is 0 Å². The number of carbonyl (C=O) groups excluding carboxylic acids is 2. The van der Waals surface area contributed by atoms with E-state index in [0.717, 1.165) is 0 Å². The molecule has 0 aliphatic heterocycles. The standard InChI is InChI=1S/C11H22N2O3/c1-8(2)13-9(14)6-7-12-10(15)16-11(3,4)5/h8H,6-7H2,1-5H3,(H,12,15)(H,13,14). The fourth-order valence-electron chi connectivity index (χ4n) is 0.986. The van der Waals surface area contributed by atoms with E-state index in [9.17, 15) is 9.59 Å². The molecule has 2 amide bonds. The SMILES string of the molecule is CC(C)NC(=O)CCNC(=O)OC(C)(C)C. The first-order valence-electron chi connectivity index (χ1n) is 5.47. The summed E-state index contributed by atoms with van der Waals surface area (Å²) in [5.41, 5.74) is -0.510. The van der Waals surface area contributed by atoms with Gasteiger partial charge in [0.2, 0.25) is 5.91 Å². The second-order valence-electron chi connectivity index (χ2n) is 4.90. The molecule has 0 aromatic carbocycles. The Morgan fingerprint density at radius 1 is 1.25 bits per heavy atom. The van der Waals surface area contributed by atoms with E-state index in [1.807, 2.05) is 13.8 Å². The minimum Gasteiger partial charge on any atom is -0.444 e. The first kappa shape index (κ1) is 14.7. The van der Waals surface area contributed by atoms with Crippen molar-refractivity contribution in [2.45, 2.75) is 52.7 Å². The van der Waals surface area contributed by atoms with Gasteiger partial charge in [0, 0.05) is 19.0 Å².